The van der Waals surface area contributed by atoms with E-state index in [1.165, 1.54) is 12.3 Å². The average molecular weight is 248 g/mol. The molecule has 0 unspecified atom stereocenters. The number of hydrogen-bond donors (Lipinski definition) is 0. The Hall–Kier alpha value is -0.640. The zero-order valence-electron chi connectivity index (χ0n) is 8.30. The number of Topliss-reactive ketones (excluding diaryl/α,β-unsaturated/α-hetero) is 1. The van der Waals surface area contributed by atoms with Crippen LogP contribution < -0.4 is 0 Å². The minimum atomic E-state index is -0.231. The molecule has 0 aliphatic rings. The Morgan fingerprint density at radius 2 is 2.27 bits per heavy atom. The predicted octanol–water partition coefficient (Wildman–Crippen LogP) is 3.00. The normalized spacial score (nSPS) is 10.3. The lowest BCUT2D eigenvalue weighted by atomic mass is 10.2. The van der Waals surface area contributed by atoms with Crippen molar-refractivity contribution in [3.8, 4) is 0 Å². The van der Waals surface area contributed by atoms with E-state index in [9.17, 15) is 4.79 Å². The maximum atomic E-state index is 11.5. The Morgan fingerprint density at radius 1 is 1.53 bits per heavy atom. The van der Waals surface area contributed by atoms with Crippen molar-refractivity contribution in [1.29, 1.82) is 0 Å². The molecule has 0 atom stereocenters. The number of aromatic nitrogens is 1. The molecule has 82 valence electrons. The van der Waals surface area contributed by atoms with Crippen LogP contribution in [0.25, 0.3) is 0 Å². The molecule has 0 N–H and O–H groups in total. The molecule has 0 fully saturated rings. The molecule has 0 amide bonds. The first kappa shape index (κ1) is 12.4. The molecule has 15 heavy (non-hydrogen) atoms. The summed E-state index contributed by atoms with van der Waals surface area (Å²) in [6, 6.07) is 1.49. The fraction of sp³-hybridized carbons (Fsp3) is 0.400. The third-order valence-corrected chi connectivity index (χ3v) is 2.15. The summed E-state index contributed by atoms with van der Waals surface area (Å²) in [5.41, 5.74) is 0.206. The van der Waals surface area contributed by atoms with Gasteiger partial charge in [-0.2, -0.15) is 0 Å². The van der Waals surface area contributed by atoms with Crippen LogP contribution in [0, 0.1) is 0 Å². The average Bonchev–Trinajstić information content (AvgIpc) is 2.17. The summed E-state index contributed by atoms with van der Waals surface area (Å²) in [7, 11) is 0. The number of pyridine rings is 1. The van der Waals surface area contributed by atoms with Gasteiger partial charge in [-0.25, -0.2) is 4.98 Å². The van der Waals surface area contributed by atoms with Gasteiger partial charge < -0.3 is 4.74 Å². The molecule has 0 aliphatic heterocycles. The second-order valence-electron chi connectivity index (χ2n) is 2.96. The number of carbonyl (C=O) groups is 1. The molecule has 1 aromatic heterocycles. The summed E-state index contributed by atoms with van der Waals surface area (Å²) in [6.07, 6.45) is 2.26. The lowest BCUT2D eigenvalue weighted by Crippen LogP contribution is -2.11. The lowest BCUT2D eigenvalue weighted by molar-refractivity contribution is 0.0756. The summed E-state index contributed by atoms with van der Waals surface area (Å²) in [6.45, 7) is 2.52. The maximum Gasteiger partial charge on any atom is 0.208 e. The molecule has 1 rings (SSSR count). The number of ether oxygens (including phenoxy) is 1. The summed E-state index contributed by atoms with van der Waals surface area (Å²) in [5, 5.41) is 0.665. The highest BCUT2D eigenvalue weighted by Crippen LogP contribution is 2.18. The smallest absolute Gasteiger partial charge is 0.208 e. The van der Waals surface area contributed by atoms with Crippen LogP contribution in [0.1, 0.15) is 23.8 Å². The van der Waals surface area contributed by atoms with Crippen molar-refractivity contribution in [3.63, 3.8) is 0 Å². The topological polar surface area (TPSA) is 39.2 Å². The summed E-state index contributed by atoms with van der Waals surface area (Å²) < 4.78 is 5.10. The quantitative estimate of drug-likeness (QED) is 0.594. The molecule has 0 bridgehead atoms. The van der Waals surface area contributed by atoms with Crippen molar-refractivity contribution >= 4 is 29.0 Å². The van der Waals surface area contributed by atoms with Crippen molar-refractivity contribution < 1.29 is 9.53 Å². The van der Waals surface area contributed by atoms with E-state index >= 15 is 0 Å². The molecule has 3 nitrogen and oxygen atoms in total. The predicted molar refractivity (Wildman–Crippen MR) is 59.7 cm³/mol. The Kier molecular flexibility index (Phi) is 5.02. The van der Waals surface area contributed by atoms with Crippen LogP contribution in [0.4, 0.5) is 0 Å². The highest BCUT2D eigenvalue weighted by molar-refractivity contribution is 6.36. The number of rotatable bonds is 5. The van der Waals surface area contributed by atoms with Crippen molar-refractivity contribution in [1.82, 2.24) is 4.98 Å². The molecule has 0 saturated heterocycles. The third kappa shape index (κ3) is 3.78. The van der Waals surface area contributed by atoms with E-state index in [-0.39, 0.29) is 23.1 Å². The molecule has 1 heterocycles. The second kappa shape index (κ2) is 6.05. The van der Waals surface area contributed by atoms with E-state index in [0.717, 1.165) is 6.42 Å². The first-order valence-corrected chi connectivity index (χ1v) is 5.32. The summed E-state index contributed by atoms with van der Waals surface area (Å²) >= 11 is 11.5. The lowest BCUT2D eigenvalue weighted by Gasteiger charge is -2.03. The van der Waals surface area contributed by atoms with Crippen LogP contribution in [0.15, 0.2) is 12.3 Å². The highest BCUT2D eigenvalue weighted by Gasteiger charge is 2.12. The van der Waals surface area contributed by atoms with Gasteiger partial charge in [-0.1, -0.05) is 30.1 Å². The maximum absolute atomic E-state index is 11.5. The van der Waals surface area contributed by atoms with Gasteiger partial charge in [-0.15, -0.1) is 0 Å². The standard InChI is InChI=1S/C10H11Cl2NO2/c1-2-3-15-6-9(14)10-8(12)4-7(11)5-13-10/h4-5H,2-3,6H2,1H3. The number of hydrogen-bond acceptors (Lipinski definition) is 3. The number of halogens is 2. The van der Waals surface area contributed by atoms with Crippen LogP contribution >= 0.6 is 23.2 Å². The van der Waals surface area contributed by atoms with E-state index in [0.29, 0.717) is 11.6 Å². The van der Waals surface area contributed by atoms with Crippen molar-refractivity contribution in [3.05, 3.63) is 28.0 Å². The van der Waals surface area contributed by atoms with Gasteiger partial charge in [0.15, 0.2) is 0 Å². The fourth-order valence-electron chi connectivity index (χ4n) is 0.997. The van der Waals surface area contributed by atoms with Crippen LogP contribution in [-0.2, 0) is 4.74 Å². The first-order valence-electron chi connectivity index (χ1n) is 4.57. The Labute approximate surface area is 98.4 Å². The largest absolute Gasteiger partial charge is 0.373 e. The van der Waals surface area contributed by atoms with Crippen LogP contribution in [0.5, 0.6) is 0 Å². The SMILES string of the molecule is CCCOCC(=O)c1ncc(Cl)cc1Cl. The molecule has 0 saturated carbocycles. The monoisotopic (exact) mass is 247 g/mol. The molecule has 0 radical (unpaired) electrons. The first-order chi connectivity index (χ1) is 7.15. The minimum absolute atomic E-state index is 0.00217. The minimum Gasteiger partial charge on any atom is -0.373 e. The molecule has 0 spiro atoms. The Balaban J connectivity index is 2.65. The van der Waals surface area contributed by atoms with Gasteiger partial charge in [0.1, 0.15) is 12.3 Å². The van der Waals surface area contributed by atoms with Crippen molar-refractivity contribution in [2.24, 2.45) is 0 Å². The van der Waals surface area contributed by atoms with Crippen LogP contribution in [0.2, 0.25) is 10.0 Å². The summed E-state index contributed by atoms with van der Waals surface area (Å²) in [5.74, 6) is -0.231. The van der Waals surface area contributed by atoms with Gasteiger partial charge in [-0.05, 0) is 12.5 Å². The van der Waals surface area contributed by atoms with Gasteiger partial charge in [0, 0.05) is 12.8 Å². The van der Waals surface area contributed by atoms with Crippen LogP contribution in [-0.4, -0.2) is 24.0 Å². The molecule has 0 aliphatic carbocycles. The number of carbonyl (C=O) groups excluding carboxylic acids is 1. The molecule has 0 aromatic carbocycles. The highest BCUT2D eigenvalue weighted by atomic mass is 35.5. The van der Waals surface area contributed by atoms with E-state index in [4.69, 9.17) is 27.9 Å². The third-order valence-electron chi connectivity index (χ3n) is 1.65. The van der Waals surface area contributed by atoms with E-state index < -0.39 is 0 Å². The number of ketones is 1. The van der Waals surface area contributed by atoms with Crippen molar-refractivity contribution in [2.45, 2.75) is 13.3 Å². The Bertz CT molecular complexity index is 355. The van der Waals surface area contributed by atoms with Crippen LogP contribution in [0.3, 0.4) is 0 Å². The van der Waals surface area contributed by atoms with E-state index in [1.807, 2.05) is 6.92 Å². The van der Waals surface area contributed by atoms with Gasteiger partial charge in [0.2, 0.25) is 5.78 Å². The van der Waals surface area contributed by atoms with Gasteiger partial charge in [0.25, 0.3) is 0 Å². The molecule has 1 aromatic rings. The zero-order valence-corrected chi connectivity index (χ0v) is 9.81. The fourth-order valence-corrected chi connectivity index (χ4v) is 1.48. The van der Waals surface area contributed by atoms with Gasteiger partial charge >= 0.3 is 0 Å². The second-order valence-corrected chi connectivity index (χ2v) is 3.80. The summed E-state index contributed by atoms with van der Waals surface area (Å²) in [4.78, 5) is 15.4. The van der Waals surface area contributed by atoms with Gasteiger partial charge in [0.05, 0.1) is 10.0 Å². The molecular weight excluding hydrogens is 237 g/mol. The molecular formula is C10H11Cl2NO2. The van der Waals surface area contributed by atoms with E-state index in [1.54, 1.807) is 0 Å². The zero-order chi connectivity index (χ0) is 11.3. The Morgan fingerprint density at radius 3 is 2.87 bits per heavy atom. The van der Waals surface area contributed by atoms with E-state index in [2.05, 4.69) is 4.98 Å². The molecule has 5 heteroatoms. The van der Waals surface area contributed by atoms with Crippen molar-refractivity contribution in [2.75, 3.05) is 13.2 Å². The van der Waals surface area contributed by atoms with Gasteiger partial charge in [-0.3, -0.25) is 4.79 Å². The number of nitrogens with zero attached hydrogens (tertiary/aromatic N) is 1.